The van der Waals surface area contributed by atoms with Gasteiger partial charge < -0.3 is 9.47 Å². The summed E-state index contributed by atoms with van der Waals surface area (Å²) in [5.74, 6) is -1.56. The number of carbonyl (C=O) groups excluding carboxylic acids is 2. The van der Waals surface area contributed by atoms with Gasteiger partial charge >= 0.3 is 12.1 Å². The molecule has 0 aromatic carbocycles. The zero-order valence-corrected chi connectivity index (χ0v) is 19.2. The monoisotopic (exact) mass is 443 g/mol. The molecule has 0 aliphatic heterocycles. The maximum atomic E-state index is 13.0. The number of esters is 1. The van der Waals surface area contributed by atoms with Crippen LogP contribution in [0.3, 0.4) is 0 Å². The number of aromatic nitrogens is 1. The number of halogens is 3. The molecule has 0 saturated heterocycles. The number of hydrogen-bond donors (Lipinski definition) is 0. The number of hydrogen-bond acceptors (Lipinski definition) is 5. The van der Waals surface area contributed by atoms with Gasteiger partial charge in [-0.05, 0) is 51.9 Å². The molecular weight excluding hydrogens is 411 g/mol. The Morgan fingerprint density at radius 2 is 1.71 bits per heavy atom. The molecule has 2 atom stereocenters. The van der Waals surface area contributed by atoms with E-state index in [1.54, 1.807) is 20.8 Å². The summed E-state index contributed by atoms with van der Waals surface area (Å²) in [6.07, 6.45) is -3.60. The minimum atomic E-state index is -4.53. The van der Waals surface area contributed by atoms with Crippen molar-refractivity contribution >= 4 is 11.8 Å². The Bertz CT molecular complexity index is 818. The molecule has 0 radical (unpaired) electrons. The van der Waals surface area contributed by atoms with Crippen LogP contribution in [0.4, 0.5) is 13.2 Å². The van der Waals surface area contributed by atoms with E-state index in [2.05, 4.69) is 4.98 Å². The second-order valence-electron chi connectivity index (χ2n) is 10.3. The van der Waals surface area contributed by atoms with Gasteiger partial charge in [0.1, 0.15) is 17.0 Å². The number of nitrogens with zero attached hydrogens (tertiary/aromatic N) is 1. The zero-order valence-electron chi connectivity index (χ0n) is 19.2. The van der Waals surface area contributed by atoms with Gasteiger partial charge in [-0.3, -0.25) is 14.6 Å². The van der Waals surface area contributed by atoms with Crippen LogP contribution in [-0.2, 0) is 9.53 Å². The predicted molar refractivity (Wildman–Crippen MR) is 110 cm³/mol. The lowest BCUT2D eigenvalue weighted by Crippen LogP contribution is -2.36. The molecule has 1 aliphatic carbocycles. The molecule has 0 spiro atoms. The third kappa shape index (κ3) is 7.21. The number of alkyl halides is 3. The smallest absolute Gasteiger partial charge is 0.425 e. The Balaban J connectivity index is 2.28. The standard InChI is InChI=1S/C23H32F3NO4/c1-13(23(24,25)26)30-19-11-17(27-12-15(19)14-8-9-14)18(28)10-16(21(2,3)4)20(29)31-22(5,6)7/h11-14,16H,8-10H2,1-7H3/t13-,16?/m0/s1. The van der Waals surface area contributed by atoms with E-state index in [-0.39, 0.29) is 23.8 Å². The minimum Gasteiger partial charge on any atom is -0.481 e. The summed E-state index contributed by atoms with van der Waals surface area (Å²) in [6, 6.07) is 1.27. The largest absolute Gasteiger partial charge is 0.481 e. The van der Waals surface area contributed by atoms with Crippen molar-refractivity contribution in [2.75, 3.05) is 0 Å². The molecule has 0 N–H and O–H groups in total. The molecule has 0 amide bonds. The number of pyridine rings is 1. The highest BCUT2D eigenvalue weighted by Gasteiger charge is 2.40. The van der Waals surface area contributed by atoms with Crippen LogP contribution in [0.1, 0.15) is 89.7 Å². The first kappa shape index (κ1) is 25.1. The lowest BCUT2D eigenvalue weighted by Gasteiger charge is -2.31. The molecule has 1 unspecified atom stereocenters. The summed E-state index contributed by atoms with van der Waals surface area (Å²) in [7, 11) is 0. The Hall–Kier alpha value is -2.12. The van der Waals surface area contributed by atoms with E-state index in [0.717, 1.165) is 19.8 Å². The van der Waals surface area contributed by atoms with Crippen LogP contribution in [-0.4, -0.2) is 34.6 Å². The van der Waals surface area contributed by atoms with Crippen LogP contribution in [0.5, 0.6) is 5.75 Å². The van der Waals surface area contributed by atoms with Crippen LogP contribution in [0.15, 0.2) is 12.3 Å². The molecular formula is C23H32F3NO4. The lowest BCUT2D eigenvalue weighted by molar-refractivity contribution is -0.189. The van der Waals surface area contributed by atoms with Crippen molar-refractivity contribution in [1.82, 2.24) is 4.98 Å². The number of carbonyl (C=O) groups is 2. The van der Waals surface area contributed by atoms with Crippen molar-refractivity contribution in [3.63, 3.8) is 0 Å². The molecule has 174 valence electrons. The fourth-order valence-corrected chi connectivity index (χ4v) is 3.07. The molecule has 1 fully saturated rings. The predicted octanol–water partition coefficient (Wildman–Crippen LogP) is 5.87. The number of rotatable bonds is 7. The van der Waals surface area contributed by atoms with Gasteiger partial charge in [0, 0.05) is 24.2 Å². The van der Waals surface area contributed by atoms with E-state index < -0.39 is 41.0 Å². The molecule has 2 rings (SSSR count). The van der Waals surface area contributed by atoms with E-state index in [9.17, 15) is 22.8 Å². The summed E-state index contributed by atoms with van der Waals surface area (Å²) in [6.45, 7) is 11.7. The Kier molecular flexibility index (Phi) is 7.13. The van der Waals surface area contributed by atoms with Gasteiger partial charge in [0.05, 0.1) is 5.92 Å². The van der Waals surface area contributed by atoms with Crippen molar-refractivity contribution in [2.45, 2.75) is 91.5 Å². The third-order valence-corrected chi connectivity index (χ3v) is 5.09. The second kappa shape index (κ2) is 8.79. The van der Waals surface area contributed by atoms with E-state index in [1.807, 2.05) is 20.8 Å². The van der Waals surface area contributed by atoms with Crippen molar-refractivity contribution in [3.05, 3.63) is 23.5 Å². The zero-order chi connectivity index (χ0) is 23.8. The Labute approximate surface area is 181 Å². The fourth-order valence-electron chi connectivity index (χ4n) is 3.07. The fraction of sp³-hybridized carbons (Fsp3) is 0.696. The highest BCUT2D eigenvalue weighted by Crippen LogP contribution is 2.45. The SMILES string of the molecule is C[C@H](Oc1cc(C(=O)CC(C(=O)OC(C)(C)C)C(C)(C)C)ncc1C1CC1)C(F)(F)F. The van der Waals surface area contributed by atoms with Gasteiger partial charge in [0.25, 0.3) is 0 Å². The van der Waals surface area contributed by atoms with Crippen molar-refractivity contribution in [2.24, 2.45) is 11.3 Å². The number of Topliss-reactive ketones (excluding diaryl/α,β-unsaturated/α-hetero) is 1. The third-order valence-electron chi connectivity index (χ3n) is 5.09. The van der Waals surface area contributed by atoms with Gasteiger partial charge in [0.2, 0.25) is 0 Å². The molecule has 31 heavy (non-hydrogen) atoms. The van der Waals surface area contributed by atoms with E-state index in [1.165, 1.54) is 12.3 Å². The average molecular weight is 444 g/mol. The first-order valence-electron chi connectivity index (χ1n) is 10.5. The quantitative estimate of drug-likeness (QED) is 0.390. The summed E-state index contributed by atoms with van der Waals surface area (Å²) in [5.41, 5.74) is -0.711. The average Bonchev–Trinajstić information content (AvgIpc) is 3.40. The van der Waals surface area contributed by atoms with Gasteiger partial charge in [-0.1, -0.05) is 20.8 Å². The van der Waals surface area contributed by atoms with E-state index >= 15 is 0 Å². The molecule has 1 heterocycles. The topological polar surface area (TPSA) is 65.5 Å². The molecule has 8 heteroatoms. The van der Waals surface area contributed by atoms with Gasteiger partial charge in [0.15, 0.2) is 11.9 Å². The van der Waals surface area contributed by atoms with Crippen molar-refractivity contribution < 1.29 is 32.2 Å². The van der Waals surface area contributed by atoms with E-state index in [0.29, 0.717) is 5.56 Å². The highest BCUT2D eigenvalue weighted by molar-refractivity contribution is 5.97. The molecule has 5 nitrogen and oxygen atoms in total. The molecule has 1 aliphatic rings. The second-order valence-corrected chi connectivity index (χ2v) is 10.3. The van der Waals surface area contributed by atoms with Crippen molar-refractivity contribution in [3.8, 4) is 5.75 Å². The van der Waals surface area contributed by atoms with E-state index in [4.69, 9.17) is 9.47 Å². The van der Waals surface area contributed by atoms with Gasteiger partial charge in [-0.2, -0.15) is 13.2 Å². The number of ether oxygens (including phenoxy) is 2. The molecule has 1 aromatic heterocycles. The summed E-state index contributed by atoms with van der Waals surface area (Å²) in [4.78, 5) is 29.8. The van der Waals surface area contributed by atoms with Crippen LogP contribution < -0.4 is 4.74 Å². The Morgan fingerprint density at radius 1 is 1.13 bits per heavy atom. The van der Waals surface area contributed by atoms with Crippen molar-refractivity contribution in [1.29, 1.82) is 0 Å². The highest BCUT2D eigenvalue weighted by atomic mass is 19.4. The lowest BCUT2D eigenvalue weighted by atomic mass is 9.77. The van der Waals surface area contributed by atoms with Crippen LogP contribution in [0.25, 0.3) is 0 Å². The molecule has 0 bridgehead atoms. The summed E-state index contributed by atoms with van der Waals surface area (Å²) < 4.78 is 49.7. The van der Waals surface area contributed by atoms with Crippen LogP contribution in [0.2, 0.25) is 0 Å². The first-order chi connectivity index (χ1) is 14.0. The van der Waals surface area contributed by atoms with Gasteiger partial charge in [-0.15, -0.1) is 0 Å². The summed E-state index contributed by atoms with van der Waals surface area (Å²) >= 11 is 0. The van der Waals surface area contributed by atoms with Crippen LogP contribution >= 0.6 is 0 Å². The van der Waals surface area contributed by atoms with Crippen LogP contribution in [0, 0.1) is 11.3 Å². The molecule has 1 saturated carbocycles. The minimum absolute atomic E-state index is 0.0217. The maximum Gasteiger partial charge on any atom is 0.425 e. The normalized spacial score (nSPS) is 17.1. The molecule has 1 aromatic rings. The maximum absolute atomic E-state index is 13.0. The number of ketones is 1. The Morgan fingerprint density at radius 3 is 2.16 bits per heavy atom. The first-order valence-corrected chi connectivity index (χ1v) is 10.5. The summed E-state index contributed by atoms with van der Waals surface area (Å²) in [5, 5.41) is 0. The van der Waals surface area contributed by atoms with Gasteiger partial charge in [-0.25, -0.2) is 0 Å².